The van der Waals surface area contributed by atoms with Crippen LogP contribution < -0.4 is 5.32 Å². The van der Waals surface area contributed by atoms with Gasteiger partial charge in [0.1, 0.15) is 0 Å². The van der Waals surface area contributed by atoms with Crippen LogP contribution in [0.3, 0.4) is 0 Å². The summed E-state index contributed by atoms with van der Waals surface area (Å²) in [5.41, 5.74) is 2.11. The number of hydrogen-bond acceptors (Lipinski definition) is 3. The van der Waals surface area contributed by atoms with Crippen LogP contribution in [0.2, 0.25) is 0 Å². The zero-order chi connectivity index (χ0) is 16.6. The first-order valence-electron chi connectivity index (χ1n) is 8.78. The molecule has 0 saturated carbocycles. The Balaban J connectivity index is 1.66. The maximum atomic E-state index is 12.5. The van der Waals surface area contributed by atoms with Gasteiger partial charge in [0, 0.05) is 6.20 Å². The minimum atomic E-state index is -0.0918. The molecule has 1 atom stereocenters. The molecule has 0 aliphatic carbocycles. The third kappa shape index (κ3) is 4.90. The van der Waals surface area contributed by atoms with Crippen molar-refractivity contribution < 1.29 is 4.79 Å². The number of carbonyl (C=O) groups is 1. The second-order valence-corrected chi connectivity index (χ2v) is 6.40. The second-order valence-electron chi connectivity index (χ2n) is 6.40. The van der Waals surface area contributed by atoms with Crippen molar-refractivity contribution in [2.24, 2.45) is 0 Å². The van der Waals surface area contributed by atoms with Gasteiger partial charge in [-0.1, -0.05) is 42.8 Å². The summed E-state index contributed by atoms with van der Waals surface area (Å²) in [4.78, 5) is 19.2. The first-order chi connectivity index (χ1) is 11.8. The van der Waals surface area contributed by atoms with Gasteiger partial charge in [0.25, 0.3) is 0 Å². The van der Waals surface area contributed by atoms with Crippen LogP contribution in [0.15, 0.2) is 54.7 Å². The third-order valence-corrected chi connectivity index (χ3v) is 4.48. The van der Waals surface area contributed by atoms with Crippen LogP contribution in [0.5, 0.6) is 0 Å². The third-order valence-electron chi connectivity index (χ3n) is 4.48. The molecule has 1 saturated heterocycles. The molecule has 2 heterocycles. The molecular weight excluding hydrogens is 298 g/mol. The highest BCUT2D eigenvalue weighted by molar-refractivity contribution is 5.78. The molecule has 4 heteroatoms. The van der Waals surface area contributed by atoms with Crippen molar-refractivity contribution in [3.63, 3.8) is 0 Å². The summed E-state index contributed by atoms with van der Waals surface area (Å²) in [5.74, 6) is 0.0866. The number of piperidine rings is 1. The van der Waals surface area contributed by atoms with Crippen LogP contribution in [0, 0.1) is 0 Å². The highest BCUT2D eigenvalue weighted by Gasteiger charge is 2.19. The van der Waals surface area contributed by atoms with Crippen LogP contribution in [0.1, 0.15) is 36.6 Å². The molecule has 0 radical (unpaired) electrons. The lowest BCUT2D eigenvalue weighted by molar-refractivity contribution is -0.123. The van der Waals surface area contributed by atoms with E-state index in [1.165, 1.54) is 24.8 Å². The highest BCUT2D eigenvalue weighted by Crippen LogP contribution is 2.17. The van der Waals surface area contributed by atoms with Crippen LogP contribution in [0.25, 0.3) is 0 Å². The lowest BCUT2D eigenvalue weighted by Crippen LogP contribution is -2.41. The minimum Gasteiger partial charge on any atom is -0.346 e. The number of benzene rings is 1. The summed E-state index contributed by atoms with van der Waals surface area (Å²) < 4.78 is 0. The molecule has 1 amide bonds. The fourth-order valence-corrected chi connectivity index (χ4v) is 3.22. The van der Waals surface area contributed by atoms with Crippen molar-refractivity contribution in [2.45, 2.75) is 31.7 Å². The zero-order valence-electron chi connectivity index (χ0n) is 14.0. The van der Waals surface area contributed by atoms with E-state index in [-0.39, 0.29) is 11.9 Å². The van der Waals surface area contributed by atoms with Crippen molar-refractivity contribution in [3.05, 3.63) is 66.0 Å². The normalized spacial score (nSPS) is 16.5. The van der Waals surface area contributed by atoms with E-state index in [2.05, 4.69) is 27.3 Å². The average Bonchev–Trinajstić information content (AvgIpc) is 2.63. The van der Waals surface area contributed by atoms with Crippen molar-refractivity contribution >= 4 is 5.91 Å². The number of aromatic nitrogens is 1. The molecule has 2 aromatic rings. The molecule has 1 aliphatic rings. The summed E-state index contributed by atoms with van der Waals surface area (Å²) in [7, 11) is 0. The van der Waals surface area contributed by atoms with Gasteiger partial charge in [-0.3, -0.25) is 14.7 Å². The van der Waals surface area contributed by atoms with Gasteiger partial charge in [-0.15, -0.1) is 0 Å². The smallest absolute Gasteiger partial charge is 0.234 e. The van der Waals surface area contributed by atoms with Gasteiger partial charge in [-0.05, 0) is 50.0 Å². The Bertz CT molecular complexity index is 624. The molecule has 1 aromatic heterocycles. The number of carbonyl (C=O) groups excluding carboxylic acids is 1. The van der Waals surface area contributed by atoms with Gasteiger partial charge in [0.2, 0.25) is 5.91 Å². The van der Waals surface area contributed by atoms with Crippen molar-refractivity contribution in [1.29, 1.82) is 0 Å². The van der Waals surface area contributed by atoms with E-state index in [1.54, 1.807) is 6.20 Å². The Morgan fingerprint density at radius 1 is 1.04 bits per heavy atom. The quantitative estimate of drug-likeness (QED) is 0.889. The molecule has 1 N–H and O–H groups in total. The van der Waals surface area contributed by atoms with Crippen LogP contribution in [0.4, 0.5) is 0 Å². The molecular formula is C20H25N3O. The Hall–Kier alpha value is -2.20. The summed E-state index contributed by atoms with van der Waals surface area (Å²) in [5, 5.41) is 3.19. The number of rotatable bonds is 6. The minimum absolute atomic E-state index is 0.0866. The van der Waals surface area contributed by atoms with Gasteiger partial charge >= 0.3 is 0 Å². The summed E-state index contributed by atoms with van der Waals surface area (Å²) >= 11 is 0. The predicted octanol–water partition coefficient (Wildman–Crippen LogP) is 2.97. The lowest BCUT2D eigenvalue weighted by Gasteiger charge is -2.27. The van der Waals surface area contributed by atoms with Crippen molar-refractivity contribution in [3.8, 4) is 0 Å². The molecule has 1 aliphatic heterocycles. The van der Waals surface area contributed by atoms with E-state index < -0.39 is 0 Å². The number of pyridine rings is 1. The Morgan fingerprint density at radius 3 is 2.50 bits per heavy atom. The van der Waals surface area contributed by atoms with Crippen LogP contribution >= 0.6 is 0 Å². The first kappa shape index (κ1) is 16.7. The molecule has 24 heavy (non-hydrogen) atoms. The van der Waals surface area contributed by atoms with E-state index >= 15 is 0 Å². The van der Waals surface area contributed by atoms with Crippen molar-refractivity contribution in [1.82, 2.24) is 15.2 Å². The zero-order valence-corrected chi connectivity index (χ0v) is 14.0. The lowest BCUT2D eigenvalue weighted by atomic mass is 10.0. The maximum absolute atomic E-state index is 12.5. The number of likely N-dealkylation sites (tertiary alicyclic amines) is 1. The monoisotopic (exact) mass is 323 g/mol. The highest BCUT2D eigenvalue weighted by atomic mass is 16.2. The van der Waals surface area contributed by atoms with Crippen LogP contribution in [-0.4, -0.2) is 35.4 Å². The molecule has 3 rings (SSSR count). The second kappa shape index (κ2) is 8.60. The summed E-state index contributed by atoms with van der Waals surface area (Å²) in [6.45, 7) is 2.54. The van der Waals surface area contributed by atoms with Gasteiger partial charge < -0.3 is 5.32 Å². The Kier molecular flexibility index (Phi) is 5.96. The molecule has 126 valence electrons. The summed E-state index contributed by atoms with van der Waals surface area (Å²) in [6.07, 6.45) is 6.21. The first-order valence-corrected chi connectivity index (χ1v) is 8.78. The number of amides is 1. The number of nitrogens with one attached hydrogen (secondary N) is 1. The predicted molar refractivity (Wildman–Crippen MR) is 95.6 cm³/mol. The van der Waals surface area contributed by atoms with E-state index in [1.807, 2.05) is 36.4 Å². The fourth-order valence-electron chi connectivity index (χ4n) is 3.22. The number of nitrogens with zero attached hydrogens (tertiary/aromatic N) is 2. The molecule has 1 fully saturated rings. The van der Waals surface area contributed by atoms with Crippen LogP contribution in [-0.2, 0) is 11.2 Å². The van der Waals surface area contributed by atoms with E-state index in [9.17, 15) is 4.79 Å². The average molecular weight is 323 g/mol. The standard InChI is InChI=1S/C20H25N3O/c24-20(16-23-13-7-2-8-14-23)22-19(18-11-5-6-12-21-18)15-17-9-3-1-4-10-17/h1,3-6,9-12,19H,2,7-8,13-16H2,(H,22,24). The van der Waals surface area contributed by atoms with E-state index in [4.69, 9.17) is 0 Å². The van der Waals surface area contributed by atoms with Gasteiger partial charge in [-0.2, -0.15) is 0 Å². The van der Waals surface area contributed by atoms with E-state index in [0.717, 1.165) is 25.2 Å². The van der Waals surface area contributed by atoms with E-state index in [0.29, 0.717) is 6.54 Å². The molecule has 0 spiro atoms. The molecule has 1 unspecified atom stereocenters. The molecule has 0 bridgehead atoms. The molecule has 1 aromatic carbocycles. The largest absolute Gasteiger partial charge is 0.346 e. The van der Waals surface area contributed by atoms with Gasteiger partial charge in [0.15, 0.2) is 0 Å². The van der Waals surface area contributed by atoms with Gasteiger partial charge in [0.05, 0.1) is 18.3 Å². The topological polar surface area (TPSA) is 45.2 Å². The SMILES string of the molecule is O=C(CN1CCCCC1)NC(Cc1ccccc1)c1ccccn1. The Morgan fingerprint density at radius 2 is 1.79 bits per heavy atom. The fraction of sp³-hybridized carbons (Fsp3) is 0.400. The molecule has 4 nitrogen and oxygen atoms in total. The maximum Gasteiger partial charge on any atom is 0.234 e. The van der Waals surface area contributed by atoms with Crippen molar-refractivity contribution in [2.75, 3.05) is 19.6 Å². The number of hydrogen-bond donors (Lipinski definition) is 1. The van der Waals surface area contributed by atoms with Gasteiger partial charge in [-0.25, -0.2) is 0 Å². The Labute approximate surface area is 143 Å². The summed E-state index contributed by atoms with van der Waals surface area (Å²) in [6, 6.07) is 16.0.